The predicted octanol–water partition coefficient (Wildman–Crippen LogP) is 7.93. The molecule has 2 saturated heterocycles. The summed E-state index contributed by atoms with van der Waals surface area (Å²) in [5.41, 5.74) is 1.91. The molecule has 0 spiro atoms. The Hall–Kier alpha value is -2.75. The molecule has 3 aromatic rings. The zero-order valence-electron chi connectivity index (χ0n) is 21.0. The molecule has 39 heavy (non-hydrogen) atoms. The molecule has 6 rings (SSSR count). The molecule has 11 heteroatoms. The molecule has 2 amide bonds. The van der Waals surface area contributed by atoms with Crippen molar-refractivity contribution in [3.05, 3.63) is 69.2 Å². The third-order valence-electron chi connectivity index (χ3n) is 7.99. The van der Waals surface area contributed by atoms with Gasteiger partial charge >= 0.3 is 6.03 Å². The fourth-order valence-corrected chi connectivity index (χ4v) is 6.56. The fourth-order valence-electron chi connectivity index (χ4n) is 5.99. The van der Waals surface area contributed by atoms with Crippen LogP contribution in [0.1, 0.15) is 56.3 Å². The average molecular weight is 580 g/mol. The van der Waals surface area contributed by atoms with Crippen LogP contribution in [0.4, 0.5) is 23.7 Å². The summed E-state index contributed by atoms with van der Waals surface area (Å²) in [5.74, 6) is -2.97. The largest absolute Gasteiger partial charge is 0.373 e. The van der Waals surface area contributed by atoms with Gasteiger partial charge in [-0.1, -0.05) is 41.3 Å². The monoisotopic (exact) mass is 579 g/mol. The van der Waals surface area contributed by atoms with E-state index < -0.39 is 23.5 Å². The van der Waals surface area contributed by atoms with Crippen LogP contribution in [-0.2, 0) is 11.3 Å². The number of carbonyl (C=O) groups is 1. The summed E-state index contributed by atoms with van der Waals surface area (Å²) < 4.78 is 52.8. The maximum Gasteiger partial charge on any atom is 0.322 e. The van der Waals surface area contributed by atoms with Crippen LogP contribution in [0.3, 0.4) is 0 Å². The Morgan fingerprint density at radius 1 is 1.13 bits per heavy atom. The minimum absolute atomic E-state index is 0.109. The van der Waals surface area contributed by atoms with Gasteiger partial charge in [0, 0.05) is 46.9 Å². The molecule has 1 saturated carbocycles. The molecular weight excluding hydrogens is 554 g/mol. The van der Waals surface area contributed by atoms with E-state index in [9.17, 15) is 18.0 Å². The van der Waals surface area contributed by atoms with Crippen molar-refractivity contribution in [1.29, 1.82) is 0 Å². The van der Waals surface area contributed by atoms with Gasteiger partial charge in [0.2, 0.25) is 0 Å². The van der Waals surface area contributed by atoms with Crippen LogP contribution in [0, 0.1) is 23.4 Å². The summed E-state index contributed by atoms with van der Waals surface area (Å²) in [6.45, 7) is 2.35. The Kier molecular flexibility index (Phi) is 7.02. The van der Waals surface area contributed by atoms with Crippen molar-refractivity contribution in [1.82, 2.24) is 10.1 Å². The molecule has 0 radical (unpaired) electrons. The quantitative estimate of drug-likeness (QED) is 0.301. The van der Waals surface area contributed by atoms with Gasteiger partial charge in [-0.3, -0.25) is 0 Å². The Labute approximate surface area is 233 Å². The summed E-state index contributed by atoms with van der Waals surface area (Å²) in [5, 5.41) is 7.80. The third kappa shape index (κ3) is 5.00. The number of halogens is 5. The first-order valence-corrected chi connectivity index (χ1v) is 13.7. The van der Waals surface area contributed by atoms with E-state index in [1.54, 1.807) is 23.1 Å². The summed E-state index contributed by atoms with van der Waals surface area (Å²) in [4.78, 5) is 14.8. The van der Waals surface area contributed by atoms with Gasteiger partial charge in [-0.05, 0) is 50.2 Å². The van der Waals surface area contributed by atoms with Crippen LogP contribution >= 0.6 is 23.2 Å². The molecule has 3 aliphatic rings. The van der Waals surface area contributed by atoms with Crippen molar-refractivity contribution >= 4 is 34.9 Å². The van der Waals surface area contributed by atoms with Crippen molar-refractivity contribution in [2.75, 3.05) is 5.32 Å². The highest BCUT2D eigenvalue weighted by molar-refractivity contribution is 6.39. The minimum atomic E-state index is -1.57. The molecule has 206 valence electrons. The Balaban J connectivity index is 1.17. The first-order valence-electron chi connectivity index (χ1n) is 13.0. The topological polar surface area (TPSA) is 67.6 Å². The first kappa shape index (κ1) is 26.5. The van der Waals surface area contributed by atoms with Crippen LogP contribution in [-0.4, -0.2) is 34.3 Å². The van der Waals surface area contributed by atoms with Gasteiger partial charge < -0.3 is 19.5 Å². The van der Waals surface area contributed by atoms with Gasteiger partial charge in [0.1, 0.15) is 11.5 Å². The van der Waals surface area contributed by atoms with Crippen molar-refractivity contribution in [3.8, 4) is 11.3 Å². The van der Waals surface area contributed by atoms with Gasteiger partial charge in [0.15, 0.2) is 17.5 Å². The summed E-state index contributed by atoms with van der Waals surface area (Å²) in [7, 11) is 0. The number of nitrogens with one attached hydrogen (secondary N) is 1. The molecule has 2 aromatic carbocycles. The number of benzene rings is 2. The Morgan fingerprint density at radius 2 is 1.82 bits per heavy atom. The van der Waals surface area contributed by atoms with Crippen LogP contribution in [0.15, 0.2) is 34.9 Å². The second-order valence-corrected chi connectivity index (χ2v) is 11.5. The molecule has 1 N–H and O–H groups in total. The number of amides is 2. The van der Waals surface area contributed by atoms with E-state index in [1.807, 2.05) is 0 Å². The van der Waals surface area contributed by atoms with Gasteiger partial charge in [-0.2, -0.15) is 0 Å². The molecule has 2 bridgehead atoms. The molecule has 1 aromatic heterocycles. The molecule has 4 atom stereocenters. The number of carbonyl (C=O) groups excluding carboxylic acids is 1. The van der Waals surface area contributed by atoms with Crippen LogP contribution in [0.5, 0.6) is 0 Å². The fraction of sp³-hybridized carbons (Fsp3) is 0.429. The highest BCUT2D eigenvalue weighted by Gasteiger charge is 2.48. The van der Waals surface area contributed by atoms with Crippen LogP contribution < -0.4 is 5.32 Å². The number of urea groups is 1. The van der Waals surface area contributed by atoms with E-state index in [-0.39, 0.29) is 36.4 Å². The number of hydrogen-bond acceptors (Lipinski definition) is 4. The molecule has 1 aliphatic carbocycles. The molecule has 2 unspecified atom stereocenters. The van der Waals surface area contributed by atoms with Crippen LogP contribution in [0.2, 0.25) is 10.0 Å². The number of hydrogen-bond donors (Lipinski definition) is 1. The number of anilines is 1. The SMILES string of the molecule is C[C@@H]1CC2C[C@H](OCc3c(-c4c(Cl)cccc4Cl)noc3C3CC3)CC1N2C(=O)Nc1cc(F)c(F)c(F)c1. The number of fused-ring (bicyclic) bond motifs is 2. The van der Waals surface area contributed by atoms with E-state index in [0.29, 0.717) is 40.1 Å². The van der Waals surface area contributed by atoms with Gasteiger partial charge in [0.25, 0.3) is 0 Å². The Morgan fingerprint density at radius 3 is 2.46 bits per heavy atom. The maximum atomic E-state index is 13.7. The van der Waals surface area contributed by atoms with Crippen molar-refractivity contribution in [2.45, 2.75) is 69.7 Å². The smallest absolute Gasteiger partial charge is 0.322 e. The third-order valence-corrected chi connectivity index (χ3v) is 8.62. The predicted molar refractivity (Wildman–Crippen MR) is 140 cm³/mol. The Bertz CT molecular complexity index is 1390. The normalized spacial score (nSPS) is 24.3. The second-order valence-electron chi connectivity index (χ2n) is 10.7. The lowest BCUT2D eigenvalue weighted by Gasteiger charge is -2.39. The number of piperidine rings is 1. The lowest BCUT2D eigenvalue weighted by molar-refractivity contribution is -0.0181. The minimum Gasteiger partial charge on any atom is -0.373 e. The van der Waals surface area contributed by atoms with E-state index in [1.165, 1.54) is 0 Å². The number of nitrogens with zero attached hydrogens (tertiary/aromatic N) is 2. The van der Waals surface area contributed by atoms with Gasteiger partial charge in [-0.15, -0.1) is 0 Å². The number of ether oxygens (including phenoxy) is 1. The van der Waals surface area contributed by atoms with Crippen molar-refractivity contribution in [3.63, 3.8) is 0 Å². The van der Waals surface area contributed by atoms with E-state index in [2.05, 4.69) is 17.4 Å². The lowest BCUT2D eigenvalue weighted by Crippen LogP contribution is -2.51. The summed E-state index contributed by atoms with van der Waals surface area (Å²) >= 11 is 12.9. The van der Waals surface area contributed by atoms with E-state index in [0.717, 1.165) is 42.7 Å². The first-order chi connectivity index (χ1) is 18.7. The highest BCUT2D eigenvalue weighted by atomic mass is 35.5. The molecular formula is C28H26Cl2F3N3O3. The molecule has 6 nitrogen and oxygen atoms in total. The maximum absolute atomic E-state index is 13.7. The zero-order chi connectivity index (χ0) is 27.4. The van der Waals surface area contributed by atoms with Gasteiger partial charge in [0.05, 0.1) is 22.8 Å². The van der Waals surface area contributed by atoms with Crippen LogP contribution in [0.25, 0.3) is 11.3 Å². The van der Waals surface area contributed by atoms with E-state index in [4.69, 9.17) is 32.5 Å². The van der Waals surface area contributed by atoms with Gasteiger partial charge in [-0.25, -0.2) is 18.0 Å². The molecule has 2 aliphatic heterocycles. The van der Waals surface area contributed by atoms with E-state index >= 15 is 0 Å². The molecule has 3 fully saturated rings. The molecule has 3 heterocycles. The number of rotatable bonds is 6. The lowest BCUT2D eigenvalue weighted by atomic mass is 9.97. The zero-order valence-corrected chi connectivity index (χ0v) is 22.5. The summed E-state index contributed by atoms with van der Waals surface area (Å²) in [6, 6.07) is 6.14. The standard InChI is InChI=1S/C28H26Cl2F3N3O3/c1-13-7-16-10-17(11-23(13)36(16)28(37)34-15-8-21(31)25(33)22(32)9-15)38-12-18-26(35-39-27(18)14-5-6-14)24-19(29)3-2-4-20(24)30/h2-4,8-9,13-14,16-17,23H,5-7,10-12H2,1H3,(H,34,37)/t13-,16?,17+,23?/m1/s1. The summed E-state index contributed by atoms with van der Waals surface area (Å²) in [6.07, 6.45) is 3.91. The second kappa shape index (κ2) is 10.3. The average Bonchev–Trinajstić information content (AvgIpc) is 3.61. The van der Waals surface area contributed by atoms with Crippen molar-refractivity contribution < 1.29 is 27.2 Å². The highest BCUT2D eigenvalue weighted by Crippen LogP contribution is 2.47. The number of aromatic nitrogens is 1. The van der Waals surface area contributed by atoms with Crippen molar-refractivity contribution in [2.24, 2.45) is 5.92 Å².